The van der Waals surface area contributed by atoms with Gasteiger partial charge in [-0.2, -0.15) is 0 Å². The molecule has 23 heavy (non-hydrogen) atoms. The molecule has 5 nitrogen and oxygen atoms in total. The van der Waals surface area contributed by atoms with Gasteiger partial charge < -0.3 is 14.8 Å². The van der Waals surface area contributed by atoms with Gasteiger partial charge in [-0.1, -0.05) is 6.07 Å². The Bertz CT molecular complexity index is 697. The van der Waals surface area contributed by atoms with Crippen LogP contribution in [0.25, 0.3) is 5.57 Å². The van der Waals surface area contributed by atoms with Gasteiger partial charge in [0, 0.05) is 36.6 Å². The highest BCUT2D eigenvalue weighted by atomic mass is 16.5. The van der Waals surface area contributed by atoms with Crippen molar-refractivity contribution in [2.75, 3.05) is 14.2 Å². The van der Waals surface area contributed by atoms with E-state index in [0.717, 1.165) is 16.7 Å². The summed E-state index contributed by atoms with van der Waals surface area (Å²) < 4.78 is 10.5. The molecule has 2 aromatic rings. The highest BCUT2D eigenvalue weighted by molar-refractivity contribution is 5.95. The molecule has 1 amide bonds. The third-order valence-electron chi connectivity index (χ3n) is 3.37. The maximum Gasteiger partial charge on any atom is 0.244 e. The van der Waals surface area contributed by atoms with E-state index >= 15 is 0 Å². The molecule has 0 spiro atoms. The van der Waals surface area contributed by atoms with Crippen LogP contribution in [0.3, 0.4) is 0 Å². The van der Waals surface area contributed by atoms with Crippen LogP contribution in [0.2, 0.25) is 0 Å². The zero-order valence-electron chi connectivity index (χ0n) is 13.5. The molecule has 1 heterocycles. The fourth-order valence-corrected chi connectivity index (χ4v) is 2.14. The van der Waals surface area contributed by atoms with Crippen LogP contribution in [-0.4, -0.2) is 25.1 Å². The van der Waals surface area contributed by atoms with Crippen molar-refractivity contribution in [3.8, 4) is 11.5 Å². The van der Waals surface area contributed by atoms with Gasteiger partial charge in [0.25, 0.3) is 0 Å². The highest BCUT2D eigenvalue weighted by Gasteiger charge is 2.08. The second-order valence-electron chi connectivity index (χ2n) is 4.97. The first kappa shape index (κ1) is 16.5. The zero-order valence-corrected chi connectivity index (χ0v) is 13.5. The molecule has 1 N–H and O–H groups in total. The Morgan fingerprint density at radius 3 is 2.74 bits per heavy atom. The average molecular weight is 312 g/mol. The van der Waals surface area contributed by atoms with E-state index in [1.165, 1.54) is 0 Å². The number of benzene rings is 1. The minimum atomic E-state index is -0.163. The number of aromatic nitrogens is 1. The topological polar surface area (TPSA) is 60.5 Å². The molecular formula is C18H20N2O3. The Morgan fingerprint density at radius 1 is 1.26 bits per heavy atom. The van der Waals surface area contributed by atoms with Crippen molar-refractivity contribution in [2.45, 2.75) is 13.5 Å². The quantitative estimate of drug-likeness (QED) is 0.833. The Labute approximate surface area is 136 Å². The standard InChI is InChI=1S/C18H20N2O3/c1-13(16-7-6-15(22-2)10-17(16)23-3)9-18(21)20-12-14-5-4-8-19-11-14/h4-11H,12H2,1-3H3,(H,20,21)/b13-9+. The molecule has 0 saturated carbocycles. The molecule has 0 saturated heterocycles. The number of amides is 1. The molecule has 0 fully saturated rings. The molecule has 0 unspecified atom stereocenters. The van der Waals surface area contributed by atoms with E-state index in [4.69, 9.17) is 9.47 Å². The maximum atomic E-state index is 12.0. The van der Waals surface area contributed by atoms with Gasteiger partial charge in [0.2, 0.25) is 5.91 Å². The summed E-state index contributed by atoms with van der Waals surface area (Å²) in [6.07, 6.45) is 4.98. The molecule has 120 valence electrons. The van der Waals surface area contributed by atoms with Crippen molar-refractivity contribution in [1.82, 2.24) is 10.3 Å². The molecule has 0 aliphatic carbocycles. The van der Waals surface area contributed by atoms with Gasteiger partial charge in [0.15, 0.2) is 0 Å². The smallest absolute Gasteiger partial charge is 0.244 e. The van der Waals surface area contributed by atoms with Gasteiger partial charge in [-0.05, 0) is 36.3 Å². The Morgan fingerprint density at radius 2 is 2.09 bits per heavy atom. The van der Waals surface area contributed by atoms with E-state index in [-0.39, 0.29) is 5.91 Å². The Balaban J connectivity index is 2.08. The lowest BCUT2D eigenvalue weighted by Crippen LogP contribution is -2.20. The molecule has 2 rings (SSSR count). The van der Waals surface area contributed by atoms with Crippen molar-refractivity contribution in [3.63, 3.8) is 0 Å². The molecule has 0 aliphatic rings. The lowest BCUT2D eigenvalue weighted by atomic mass is 10.1. The van der Waals surface area contributed by atoms with E-state index < -0.39 is 0 Å². The van der Waals surface area contributed by atoms with Crippen molar-refractivity contribution >= 4 is 11.5 Å². The number of nitrogens with one attached hydrogen (secondary N) is 1. The number of carbonyl (C=O) groups is 1. The minimum Gasteiger partial charge on any atom is -0.497 e. The van der Waals surface area contributed by atoms with Gasteiger partial charge in [0.1, 0.15) is 11.5 Å². The Kier molecular flexibility index (Phi) is 5.74. The Hall–Kier alpha value is -2.82. The lowest BCUT2D eigenvalue weighted by Gasteiger charge is -2.11. The van der Waals surface area contributed by atoms with Gasteiger partial charge in [-0.15, -0.1) is 0 Å². The summed E-state index contributed by atoms with van der Waals surface area (Å²) >= 11 is 0. The fourth-order valence-electron chi connectivity index (χ4n) is 2.14. The minimum absolute atomic E-state index is 0.163. The van der Waals surface area contributed by atoms with Gasteiger partial charge in [-0.3, -0.25) is 9.78 Å². The molecule has 5 heteroatoms. The van der Waals surface area contributed by atoms with Crippen molar-refractivity contribution in [1.29, 1.82) is 0 Å². The third-order valence-corrected chi connectivity index (χ3v) is 3.37. The van der Waals surface area contributed by atoms with Gasteiger partial charge in [-0.25, -0.2) is 0 Å². The second-order valence-corrected chi connectivity index (χ2v) is 4.97. The number of allylic oxidation sites excluding steroid dienone is 1. The predicted octanol–water partition coefficient (Wildman–Crippen LogP) is 2.82. The number of pyridine rings is 1. The summed E-state index contributed by atoms with van der Waals surface area (Å²) in [5.41, 5.74) is 2.62. The monoisotopic (exact) mass is 312 g/mol. The summed E-state index contributed by atoms with van der Waals surface area (Å²) in [6.45, 7) is 2.31. The number of methoxy groups -OCH3 is 2. The normalized spacial score (nSPS) is 11.0. The van der Waals surface area contributed by atoms with E-state index in [9.17, 15) is 4.79 Å². The number of nitrogens with zero attached hydrogens (tertiary/aromatic N) is 1. The number of carbonyl (C=O) groups excluding carboxylic acids is 1. The first-order valence-electron chi connectivity index (χ1n) is 7.21. The van der Waals surface area contributed by atoms with E-state index in [1.807, 2.05) is 31.2 Å². The maximum absolute atomic E-state index is 12.0. The summed E-state index contributed by atoms with van der Waals surface area (Å²) in [4.78, 5) is 16.1. The lowest BCUT2D eigenvalue weighted by molar-refractivity contribution is -0.116. The van der Waals surface area contributed by atoms with Gasteiger partial charge in [0.05, 0.1) is 14.2 Å². The molecule has 0 aliphatic heterocycles. The number of hydrogen-bond donors (Lipinski definition) is 1. The van der Waals surface area contributed by atoms with Crippen molar-refractivity contribution in [3.05, 3.63) is 59.9 Å². The average Bonchev–Trinajstić information content (AvgIpc) is 2.60. The number of rotatable bonds is 6. The fraction of sp³-hybridized carbons (Fsp3) is 0.222. The molecule has 1 aromatic heterocycles. The van der Waals surface area contributed by atoms with Crippen molar-refractivity contribution < 1.29 is 14.3 Å². The zero-order chi connectivity index (χ0) is 16.7. The largest absolute Gasteiger partial charge is 0.497 e. The summed E-state index contributed by atoms with van der Waals surface area (Å²) in [5, 5.41) is 2.84. The first-order valence-corrected chi connectivity index (χ1v) is 7.21. The number of hydrogen-bond acceptors (Lipinski definition) is 4. The van der Waals surface area contributed by atoms with Crippen LogP contribution >= 0.6 is 0 Å². The van der Waals surface area contributed by atoms with E-state index in [2.05, 4.69) is 10.3 Å². The van der Waals surface area contributed by atoms with Crippen LogP contribution in [0.4, 0.5) is 0 Å². The molecular weight excluding hydrogens is 292 g/mol. The SMILES string of the molecule is COc1ccc(/C(C)=C/C(=O)NCc2cccnc2)c(OC)c1. The first-order chi connectivity index (χ1) is 11.1. The van der Waals surface area contributed by atoms with Crippen LogP contribution in [0.15, 0.2) is 48.8 Å². The summed E-state index contributed by atoms with van der Waals surface area (Å²) in [5.74, 6) is 1.21. The summed E-state index contributed by atoms with van der Waals surface area (Å²) in [7, 11) is 3.19. The molecule has 1 aromatic carbocycles. The van der Waals surface area contributed by atoms with Crippen molar-refractivity contribution in [2.24, 2.45) is 0 Å². The number of ether oxygens (including phenoxy) is 2. The van der Waals surface area contributed by atoms with Crippen LogP contribution < -0.4 is 14.8 Å². The van der Waals surface area contributed by atoms with E-state index in [1.54, 1.807) is 38.8 Å². The van der Waals surface area contributed by atoms with Crippen LogP contribution in [0.1, 0.15) is 18.1 Å². The predicted molar refractivity (Wildman–Crippen MR) is 89.3 cm³/mol. The third kappa shape index (κ3) is 4.57. The highest BCUT2D eigenvalue weighted by Crippen LogP contribution is 2.29. The molecule has 0 radical (unpaired) electrons. The van der Waals surface area contributed by atoms with Crippen LogP contribution in [0, 0.1) is 0 Å². The van der Waals surface area contributed by atoms with Gasteiger partial charge >= 0.3 is 0 Å². The van der Waals surface area contributed by atoms with Crippen LogP contribution in [0.5, 0.6) is 11.5 Å². The second kappa shape index (κ2) is 7.98. The molecule has 0 bridgehead atoms. The van der Waals surface area contributed by atoms with E-state index in [0.29, 0.717) is 18.0 Å². The summed E-state index contributed by atoms with van der Waals surface area (Å²) in [6, 6.07) is 9.25. The van der Waals surface area contributed by atoms with Crippen LogP contribution in [-0.2, 0) is 11.3 Å². The molecule has 0 atom stereocenters.